The highest BCUT2D eigenvalue weighted by atomic mass is 15.1. The Morgan fingerprint density at radius 1 is 0.929 bits per heavy atom. The largest absolute Gasteiger partial charge is 0.277 e. The Labute approximate surface area is 170 Å². The zero-order valence-electron chi connectivity index (χ0n) is 17.4. The number of rotatable bonds is 7. The molecule has 0 bridgehead atoms. The highest BCUT2D eigenvalue weighted by Crippen LogP contribution is 2.34. The summed E-state index contributed by atoms with van der Waals surface area (Å²) in [5, 5.41) is 0. The number of para-hydroxylation sites is 1. The molecule has 0 unspecified atom stereocenters. The van der Waals surface area contributed by atoms with Crippen LogP contribution in [0.1, 0.15) is 56.2 Å². The van der Waals surface area contributed by atoms with Crippen LogP contribution in [0.25, 0.3) is 0 Å². The van der Waals surface area contributed by atoms with Crippen molar-refractivity contribution in [3.8, 4) is 24.2 Å². The summed E-state index contributed by atoms with van der Waals surface area (Å²) in [6.45, 7) is 10.8. The number of benzene rings is 2. The maximum absolute atomic E-state index is 5.51. The van der Waals surface area contributed by atoms with E-state index < -0.39 is 0 Å². The van der Waals surface area contributed by atoms with Gasteiger partial charge in [-0.2, -0.15) is 0 Å². The molecule has 0 heterocycles. The molecule has 0 amide bonds. The molecule has 2 aromatic rings. The minimum absolute atomic E-state index is 0.427. The van der Waals surface area contributed by atoms with Crippen LogP contribution >= 0.6 is 0 Å². The Balaban J connectivity index is 2.10. The number of nitrogens with zero attached hydrogens (tertiary/aromatic N) is 2. The molecule has 0 atom stereocenters. The maximum atomic E-state index is 5.51. The first-order valence-corrected chi connectivity index (χ1v) is 9.86. The predicted molar refractivity (Wildman–Crippen MR) is 121 cm³/mol. The molecule has 2 rings (SSSR count). The lowest BCUT2D eigenvalue weighted by Gasteiger charge is -2.16. The summed E-state index contributed by atoms with van der Waals surface area (Å²) in [6.07, 6.45) is 7.24. The smallest absolute Gasteiger partial charge is 0.0774 e. The van der Waals surface area contributed by atoms with Crippen LogP contribution in [-0.4, -0.2) is 24.2 Å². The topological polar surface area (TPSA) is 15.6 Å². The summed E-state index contributed by atoms with van der Waals surface area (Å²) in [7, 11) is 0. The third-order valence-corrected chi connectivity index (χ3v) is 4.57. The molecule has 2 aromatic carbocycles. The van der Waals surface area contributed by atoms with E-state index in [9.17, 15) is 0 Å². The molecule has 0 aliphatic carbocycles. The molecular weight excluding hydrogens is 340 g/mol. The molecule has 0 fully saturated rings. The van der Waals surface area contributed by atoms with E-state index in [0.29, 0.717) is 24.9 Å². The van der Waals surface area contributed by atoms with E-state index in [1.54, 1.807) is 6.21 Å². The van der Waals surface area contributed by atoms with Gasteiger partial charge in [0.1, 0.15) is 0 Å². The Bertz CT molecular complexity index is 848. The Morgan fingerprint density at radius 2 is 1.57 bits per heavy atom. The Morgan fingerprint density at radius 3 is 2.14 bits per heavy atom. The number of terminal acetylenes is 1. The van der Waals surface area contributed by atoms with Gasteiger partial charge >= 0.3 is 0 Å². The molecule has 2 heteroatoms. The highest BCUT2D eigenvalue weighted by Gasteiger charge is 2.12. The van der Waals surface area contributed by atoms with Crippen molar-refractivity contribution < 1.29 is 0 Å². The number of aliphatic imine (C=N–C) groups is 1. The van der Waals surface area contributed by atoms with Gasteiger partial charge in [-0.25, -0.2) is 4.99 Å². The van der Waals surface area contributed by atoms with E-state index in [1.165, 1.54) is 16.7 Å². The monoisotopic (exact) mass is 370 g/mol. The zero-order chi connectivity index (χ0) is 20.4. The van der Waals surface area contributed by atoms with Crippen LogP contribution in [0.4, 0.5) is 5.69 Å². The van der Waals surface area contributed by atoms with Gasteiger partial charge in [0, 0.05) is 6.54 Å². The second-order valence-electron chi connectivity index (χ2n) is 7.51. The van der Waals surface area contributed by atoms with Gasteiger partial charge in [0.25, 0.3) is 0 Å². The quantitative estimate of drug-likeness (QED) is 0.446. The molecule has 144 valence electrons. The molecule has 0 spiro atoms. The molecule has 0 saturated carbocycles. The first kappa shape index (κ1) is 21.5. The minimum atomic E-state index is 0.427. The van der Waals surface area contributed by atoms with Crippen LogP contribution < -0.4 is 0 Å². The molecule has 0 N–H and O–H groups in total. The first-order chi connectivity index (χ1) is 13.5. The second-order valence-corrected chi connectivity index (χ2v) is 7.51. The van der Waals surface area contributed by atoms with Crippen molar-refractivity contribution in [1.82, 2.24) is 4.90 Å². The summed E-state index contributed by atoms with van der Waals surface area (Å²) >= 11 is 0. The lowest BCUT2D eigenvalue weighted by molar-refractivity contribution is 0.338. The number of hydrogen-bond donors (Lipinski definition) is 0. The first-order valence-electron chi connectivity index (χ1n) is 9.86. The molecular formula is C26H30N2. The third-order valence-electron chi connectivity index (χ3n) is 4.57. The minimum Gasteiger partial charge on any atom is -0.277 e. The fourth-order valence-corrected chi connectivity index (χ4v) is 3.10. The summed E-state index contributed by atoms with van der Waals surface area (Å²) in [4.78, 5) is 6.87. The molecule has 0 aliphatic rings. The Hall–Kier alpha value is -2.81. The standard InChI is InChI=1S/C26H30N2/c1-6-18-28(20-23-13-8-7-9-14-23)19-11-10-17-27-26-24(21(2)3)15-12-16-25(26)22(4)5/h1,7-9,12-17,21-22H,18-20H2,2-5H3. The average Bonchev–Trinajstić information content (AvgIpc) is 2.68. The van der Waals surface area contributed by atoms with Crippen LogP contribution in [0.15, 0.2) is 53.5 Å². The molecule has 0 aliphatic heterocycles. The van der Waals surface area contributed by atoms with Gasteiger partial charge in [-0.1, -0.05) is 94.0 Å². The van der Waals surface area contributed by atoms with Gasteiger partial charge < -0.3 is 0 Å². The summed E-state index contributed by atoms with van der Waals surface area (Å²) in [6, 6.07) is 16.8. The fraction of sp³-hybridized carbons (Fsp3) is 0.346. The lowest BCUT2D eigenvalue weighted by Crippen LogP contribution is -2.23. The van der Waals surface area contributed by atoms with Crippen LogP contribution in [0.3, 0.4) is 0 Å². The molecule has 0 radical (unpaired) electrons. The summed E-state index contributed by atoms with van der Waals surface area (Å²) in [5.74, 6) is 9.85. The molecule has 0 aromatic heterocycles. The predicted octanol–water partition coefficient (Wildman–Crippen LogP) is 5.77. The summed E-state index contributed by atoms with van der Waals surface area (Å²) in [5.41, 5.74) is 4.83. The van der Waals surface area contributed by atoms with E-state index in [4.69, 9.17) is 11.4 Å². The average molecular weight is 371 g/mol. The van der Waals surface area contributed by atoms with Crippen molar-refractivity contribution in [3.05, 3.63) is 65.2 Å². The highest BCUT2D eigenvalue weighted by molar-refractivity contribution is 5.82. The molecule has 28 heavy (non-hydrogen) atoms. The summed E-state index contributed by atoms with van der Waals surface area (Å²) < 4.78 is 0. The third kappa shape index (κ3) is 6.41. The van der Waals surface area contributed by atoms with Crippen LogP contribution in [0, 0.1) is 24.2 Å². The van der Waals surface area contributed by atoms with Crippen molar-refractivity contribution in [2.75, 3.05) is 13.1 Å². The zero-order valence-corrected chi connectivity index (χ0v) is 17.4. The second kappa shape index (κ2) is 11.1. The SMILES string of the molecule is C#CCN(CC#CC=Nc1c(C(C)C)cccc1C(C)C)Cc1ccccc1. The van der Waals surface area contributed by atoms with E-state index in [-0.39, 0.29) is 0 Å². The van der Waals surface area contributed by atoms with Crippen LogP contribution in [0.2, 0.25) is 0 Å². The van der Waals surface area contributed by atoms with Crippen molar-refractivity contribution >= 4 is 11.9 Å². The lowest BCUT2D eigenvalue weighted by atomic mass is 9.93. The van der Waals surface area contributed by atoms with Gasteiger partial charge in [-0.15, -0.1) is 6.42 Å². The van der Waals surface area contributed by atoms with E-state index in [2.05, 4.69) is 80.7 Å². The van der Waals surface area contributed by atoms with E-state index in [0.717, 1.165) is 12.2 Å². The van der Waals surface area contributed by atoms with E-state index in [1.807, 2.05) is 18.2 Å². The van der Waals surface area contributed by atoms with Crippen molar-refractivity contribution in [2.24, 2.45) is 4.99 Å². The normalized spacial score (nSPS) is 11.1. The number of hydrogen-bond acceptors (Lipinski definition) is 2. The van der Waals surface area contributed by atoms with Gasteiger partial charge in [-0.05, 0) is 28.5 Å². The van der Waals surface area contributed by atoms with Gasteiger partial charge in [0.05, 0.1) is 25.0 Å². The van der Waals surface area contributed by atoms with Gasteiger partial charge in [-0.3, -0.25) is 4.90 Å². The van der Waals surface area contributed by atoms with Crippen molar-refractivity contribution in [3.63, 3.8) is 0 Å². The van der Waals surface area contributed by atoms with Crippen molar-refractivity contribution in [1.29, 1.82) is 0 Å². The molecule has 0 saturated heterocycles. The van der Waals surface area contributed by atoms with Gasteiger partial charge in [0.15, 0.2) is 0 Å². The Kier molecular flexibility index (Phi) is 8.54. The van der Waals surface area contributed by atoms with Crippen LogP contribution in [0.5, 0.6) is 0 Å². The maximum Gasteiger partial charge on any atom is 0.0774 e. The van der Waals surface area contributed by atoms with E-state index >= 15 is 0 Å². The molecule has 2 nitrogen and oxygen atoms in total. The van der Waals surface area contributed by atoms with Gasteiger partial charge in [0.2, 0.25) is 0 Å². The van der Waals surface area contributed by atoms with Crippen molar-refractivity contribution in [2.45, 2.75) is 46.1 Å². The van der Waals surface area contributed by atoms with Crippen LogP contribution in [-0.2, 0) is 6.54 Å². The fourth-order valence-electron chi connectivity index (χ4n) is 3.10.